The van der Waals surface area contributed by atoms with Gasteiger partial charge in [-0.25, -0.2) is 8.42 Å². The molecule has 1 atom stereocenters. The van der Waals surface area contributed by atoms with E-state index in [1.165, 1.54) is 29.2 Å². The molecule has 0 spiro atoms. The quantitative estimate of drug-likeness (QED) is 0.186. The molecule has 0 aliphatic heterocycles. The first kappa shape index (κ1) is 32.3. The van der Waals surface area contributed by atoms with Crippen LogP contribution in [-0.2, 0) is 32.6 Å². The maximum atomic E-state index is 14.4. The second kappa shape index (κ2) is 14.7. The number of hydrogen-bond acceptors (Lipinski definition) is 4. The topological polar surface area (TPSA) is 86.8 Å². The van der Waals surface area contributed by atoms with Crippen molar-refractivity contribution in [3.63, 3.8) is 0 Å². The lowest BCUT2D eigenvalue weighted by atomic mass is 10.0. The van der Waals surface area contributed by atoms with Crippen molar-refractivity contribution in [3.8, 4) is 0 Å². The Hall–Kier alpha value is -3.66. The Morgan fingerprint density at radius 3 is 1.98 bits per heavy atom. The number of benzene rings is 4. The van der Waals surface area contributed by atoms with Crippen molar-refractivity contribution in [1.82, 2.24) is 10.2 Å². The van der Waals surface area contributed by atoms with Crippen LogP contribution >= 0.6 is 27.5 Å². The van der Waals surface area contributed by atoms with E-state index in [0.717, 1.165) is 19.9 Å². The molecule has 10 heteroatoms. The van der Waals surface area contributed by atoms with Crippen molar-refractivity contribution in [2.45, 2.75) is 43.8 Å². The SMILES string of the molecule is CC(C)NC(=O)[C@H](Cc1ccccc1)N(Cc1ccc(Br)cc1)C(=O)CN(c1ccccc1)S(=O)(=O)c1ccc(Cl)cc1. The van der Waals surface area contributed by atoms with Gasteiger partial charge in [0, 0.05) is 28.5 Å². The lowest BCUT2D eigenvalue weighted by molar-refractivity contribution is -0.140. The first-order chi connectivity index (χ1) is 20.5. The van der Waals surface area contributed by atoms with Gasteiger partial charge in [0.2, 0.25) is 11.8 Å². The molecular weight excluding hydrogens is 650 g/mol. The van der Waals surface area contributed by atoms with Crippen molar-refractivity contribution in [3.05, 3.63) is 130 Å². The first-order valence-electron chi connectivity index (χ1n) is 13.8. The number of nitrogens with one attached hydrogen (secondary N) is 1. The predicted octanol–water partition coefficient (Wildman–Crippen LogP) is 6.46. The van der Waals surface area contributed by atoms with E-state index >= 15 is 0 Å². The highest BCUT2D eigenvalue weighted by Crippen LogP contribution is 2.26. The van der Waals surface area contributed by atoms with E-state index in [9.17, 15) is 18.0 Å². The van der Waals surface area contributed by atoms with Crippen LogP contribution < -0.4 is 9.62 Å². The number of carbonyl (C=O) groups is 2. The third-order valence-electron chi connectivity index (χ3n) is 6.69. The zero-order chi connectivity index (χ0) is 31.0. The van der Waals surface area contributed by atoms with Crippen LogP contribution in [-0.4, -0.2) is 43.8 Å². The summed E-state index contributed by atoms with van der Waals surface area (Å²) in [5.74, 6) is -0.847. The van der Waals surface area contributed by atoms with Crippen LogP contribution in [0.15, 0.2) is 119 Å². The summed E-state index contributed by atoms with van der Waals surface area (Å²) in [5.41, 5.74) is 1.98. The van der Waals surface area contributed by atoms with Crippen molar-refractivity contribution in [1.29, 1.82) is 0 Å². The minimum absolute atomic E-state index is 0.00796. The molecule has 0 radical (unpaired) electrons. The van der Waals surface area contributed by atoms with Crippen molar-refractivity contribution in [2.75, 3.05) is 10.8 Å². The number of para-hydroxylation sites is 1. The highest BCUT2D eigenvalue weighted by atomic mass is 79.9. The fraction of sp³-hybridized carbons (Fsp3) is 0.212. The Labute approximate surface area is 266 Å². The number of rotatable bonds is 12. The molecule has 0 aromatic heterocycles. The van der Waals surface area contributed by atoms with Crippen LogP contribution in [0.3, 0.4) is 0 Å². The van der Waals surface area contributed by atoms with Gasteiger partial charge >= 0.3 is 0 Å². The number of hydrogen-bond donors (Lipinski definition) is 1. The van der Waals surface area contributed by atoms with Crippen LogP contribution in [0.1, 0.15) is 25.0 Å². The summed E-state index contributed by atoms with van der Waals surface area (Å²) in [6.07, 6.45) is 0.247. The molecule has 0 heterocycles. The third kappa shape index (κ3) is 8.69. The Bertz CT molecular complexity index is 1620. The minimum atomic E-state index is -4.18. The van der Waals surface area contributed by atoms with E-state index in [0.29, 0.717) is 10.7 Å². The number of amides is 2. The van der Waals surface area contributed by atoms with Gasteiger partial charge in [-0.1, -0.05) is 88.2 Å². The van der Waals surface area contributed by atoms with Crippen LogP contribution in [0.25, 0.3) is 0 Å². The second-order valence-electron chi connectivity index (χ2n) is 10.3. The molecule has 0 aliphatic carbocycles. The molecule has 2 amide bonds. The van der Waals surface area contributed by atoms with E-state index in [1.807, 2.05) is 68.4 Å². The largest absolute Gasteiger partial charge is 0.352 e. The van der Waals surface area contributed by atoms with Crippen LogP contribution in [0.4, 0.5) is 5.69 Å². The number of nitrogens with zero attached hydrogens (tertiary/aromatic N) is 2. The molecule has 43 heavy (non-hydrogen) atoms. The molecule has 0 saturated heterocycles. The van der Waals surface area contributed by atoms with Gasteiger partial charge < -0.3 is 10.2 Å². The minimum Gasteiger partial charge on any atom is -0.352 e. The number of halogens is 2. The Morgan fingerprint density at radius 2 is 1.40 bits per heavy atom. The summed E-state index contributed by atoms with van der Waals surface area (Å²) in [4.78, 5) is 29.5. The number of anilines is 1. The van der Waals surface area contributed by atoms with Crippen LogP contribution in [0.5, 0.6) is 0 Å². The summed E-state index contributed by atoms with van der Waals surface area (Å²) in [6, 6.07) is 30.1. The highest BCUT2D eigenvalue weighted by molar-refractivity contribution is 9.10. The summed E-state index contributed by atoms with van der Waals surface area (Å²) in [5, 5.41) is 3.35. The second-order valence-corrected chi connectivity index (χ2v) is 13.5. The molecule has 224 valence electrons. The van der Waals surface area contributed by atoms with Gasteiger partial charge in [0.05, 0.1) is 10.6 Å². The molecule has 0 aliphatic rings. The Balaban J connectivity index is 1.78. The monoisotopic (exact) mass is 681 g/mol. The maximum absolute atomic E-state index is 14.4. The smallest absolute Gasteiger partial charge is 0.264 e. The lowest BCUT2D eigenvalue weighted by Gasteiger charge is -2.34. The van der Waals surface area contributed by atoms with Crippen molar-refractivity contribution < 1.29 is 18.0 Å². The average Bonchev–Trinajstić information content (AvgIpc) is 2.99. The van der Waals surface area contributed by atoms with Gasteiger partial charge in [-0.3, -0.25) is 13.9 Å². The van der Waals surface area contributed by atoms with E-state index in [4.69, 9.17) is 11.6 Å². The maximum Gasteiger partial charge on any atom is 0.264 e. The average molecular weight is 683 g/mol. The van der Waals surface area contributed by atoms with Crippen LogP contribution in [0.2, 0.25) is 5.02 Å². The number of carbonyl (C=O) groups excluding carboxylic acids is 2. The summed E-state index contributed by atoms with van der Waals surface area (Å²) in [7, 11) is -4.18. The molecule has 0 unspecified atom stereocenters. The summed E-state index contributed by atoms with van der Waals surface area (Å²) < 4.78 is 29.9. The lowest BCUT2D eigenvalue weighted by Crippen LogP contribution is -2.54. The third-order valence-corrected chi connectivity index (χ3v) is 9.26. The van der Waals surface area contributed by atoms with E-state index < -0.39 is 28.5 Å². The Kier molecular flexibility index (Phi) is 11.0. The molecule has 0 bridgehead atoms. The number of sulfonamides is 1. The van der Waals surface area contributed by atoms with E-state index in [2.05, 4.69) is 21.2 Å². The molecule has 1 N–H and O–H groups in total. The van der Waals surface area contributed by atoms with E-state index in [1.54, 1.807) is 30.3 Å². The molecule has 0 saturated carbocycles. The molecule has 7 nitrogen and oxygen atoms in total. The molecule has 0 fully saturated rings. The predicted molar refractivity (Wildman–Crippen MR) is 174 cm³/mol. The van der Waals surface area contributed by atoms with Gasteiger partial charge in [0.1, 0.15) is 12.6 Å². The van der Waals surface area contributed by atoms with Gasteiger partial charge in [-0.2, -0.15) is 0 Å². The fourth-order valence-corrected chi connectivity index (χ4v) is 6.38. The van der Waals surface area contributed by atoms with Crippen molar-refractivity contribution in [2.24, 2.45) is 0 Å². The van der Waals surface area contributed by atoms with Gasteiger partial charge in [-0.05, 0) is 73.5 Å². The van der Waals surface area contributed by atoms with Crippen molar-refractivity contribution >= 4 is 55.1 Å². The summed E-state index contributed by atoms with van der Waals surface area (Å²) in [6.45, 7) is 3.28. The molecule has 4 rings (SSSR count). The molecule has 4 aromatic carbocycles. The first-order valence-corrected chi connectivity index (χ1v) is 16.4. The van der Waals surface area contributed by atoms with Gasteiger partial charge in [-0.15, -0.1) is 0 Å². The van der Waals surface area contributed by atoms with Gasteiger partial charge in [0.25, 0.3) is 10.0 Å². The normalized spacial score (nSPS) is 12.0. The van der Waals surface area contributed by atoms with E-state index in [-0.39, 0.29) is 29.8 Å². The zero-order valence-electron chi connectivity index (χ0n) is 23.9. The molecule has 4 aromatic rings. The standard InChI is InChI=1S/C33H33BrClN3O4S/c1-24(2)36-33(40)31(21-25-9-5-3-6-10-25)37(22-26-13-15-27(34)16-14-26)32(39)23-38(29-11-7-4-8-12-29)43(41,42)30-19-17-28(35)18-20-30/h3-20,24,31H,21-23H2,1-2H3,(H,36,40)/t31-/m0/s1. The summed E-state index contributed by atoms with van der Waals surface area (Å²) >= 11 is 9.47. The van der Waals surface area contributed by atoms with Gasteiger partial charge in [0.15, 0.2) is 0 Å². The fourth-order valence-electron chi connectivity index (χ4n) is 4.58. The zero-order valence-corrected chi connectivity index (χ0v) is 27.0. The Morgan fingerprint density at radius 1 is 0.814 bits per heavy atom. The molecular formula is C33H33BrClN3O4S. The highest BCUT2D eigenvalue weighted by Gasteiger charge is 2.34. The van der Waals surface area contributed by atoms with Crippen LogP contribution in [0, 0.1) is 0 Å².